The van der Waals surface area contributed by atoms with Crippen LogP contribution in [0.1, 0.15) is 60.5 Å². The molecule has 3 amide bonds. The van der Waals surface area contributed by atoms with Crippen LogP contribution < -0.4 is 16.2 Å². The summed E-state index contributed by atoms with van der Waals surface area (Å²) in [6, 6.07) is 8.70. The van der Waals surface area contributed by atoms with Gasteiger partial charge in [0, 0.05) is 48.9 Å². The van der Waals surface area contributed by atoms with Crippen molar-refractivity contribution in [2.24, 2.45) is 5.92 Å². The Bertz CT molecular complexity index is 1110. The van der Waals surface area contributed by atoms with Gasteiger partial charge in [0.2, 0.25) is 0 Å². The van der Waals surface area contributed by atoms with Crippen molar-refractivity contribution in [1.29, 1.82) is 0 Å². The molecule has 7 nitrogen and oxygen atoms in total. The average Bonchev–Trinajstić information content (AvgIpc) is 2.81. The number of amides is 3. The molecular formula is C25H29FN4O3. The number of urea groups is 1. The molecule has 3 aliphatic rings. The first-order valence-electron chi connectivity index (χ1n) is 11.8. The minimum Gasteiger partial charge on any atom is -0.338 e. The van der Waals surface area contributed by atoms with E-state index in [4.69, 9.17) is 0 Å². The molecule has 2 fully saturated rings. The smallest absolute Gasteiger partial charge is 0.319 e. The van der Waals surface area contributed by atoms with Gasteiger partial charge in [-0.3, -0.25) is 9.59 Å². The van der Waals surface area contributed by atoms with E-state index in [2.05, 4.69) is 10.6 Å². The van der Waals surface area contributed by atoms with Gasteiger partial charge in [-0.25, -0.2) is 9.18 Å². The Balaban J connectivity index is 1.37. The lowest BCUT2D eigenvalue weighted by atomic mass is 9.82. The van der Waals surface area contributed by atoms with Crippen molar-refractivity contribution in [1.82, 2.24) is 14.8 Å². The molecule has 1 aromatic carbocycles. The normalized spacial score (nSPS) is 22.4. The van der Waals surface area contributed by atoms with Crippen molar-refractivity contribution in [2.75, 3.05) is 18.4 Å². The number of rotatable bonds is 3. The number of piperidine rings is 1. The van der Waals surface area contributed by atoms with Crippen molar-refractivity contribution in [2.45, 2.75) is 57.0 Å². The lowest BCUT2D eigenvalue weighted by Crippen LogP contribution is -2.49. The molecule has 2 atom stereocenters. The number of nitrogens with one attached hydrogen (secondary N) is 2. The van der Waals surface area contributed by atoms with Gasteiger partial charge in [-0.1, -0.05) is 19.3 Å². The van der Waals surface area contributed by atoms with Crippen molar-refractivity contribution in [3.8, 4) is 0 Å². The summed E-state index contributed by atoms with van der Waals surface area (Å²) >= 11 is 0. The lowest BCUT2D eigenvalue weighted by molar-refractivity contribution is 0.0595. The second-order valence-corrected chi connectivity index (χ2v) is 9.53. The number of likely N-dealkylation sites (tertiary alicyclic amines) is 1. The van der Waals surface area contributed by atoms with Crippen LogP contribution in [0, 0.1) is 11.7 Å². The third-order valence-electron chi connectivity index (χ3n) is 7.16. The van der Waals surface area contributed by atoms with Crippen molar-refractivity contribution in [3.05, 3.63) is 63.8 Å². The summed E-state index contributed by atoms with van der Waals surface area (Å²) in [6.07, 6.45) is 6.31. The number of carbonyl (C=O) groups is 2. The summed E-state index contributed by atoms with van der Waals surface area (Å²) in [7, 11) is 0. The highest BCUT2D eigenvalue weighted by molar-refractivity contribution is 5.94. The van der Waals surface area contributed by atoms with E-state index >= 15 is 0 Å². The number of carbonyl (C=O) groups excluding carboxylic acids is 2. The van der Waals surface area contributed by atoms with Crippen LogP contribution >= 0.6 is 0 Å². The number of aromatic nitrogens is 1. The van der Waals surface area contributed by atoms with E-state index in [-0.39, 0.29) is 41.2 Å². The Hall–Kier alpha value is -3.16. The number of nitrogens with zero attached hydrogens (tertiary/aromatic N) is 2. The Kier molecular flexibility index (Phi) is 5.91. The summed E-state index contributed by atoms with van der Waals surface area (Å²) < 4.78 is 15.0. The minimum atomic E-state index is -0.377. The first-order valence-corrected chi connectivity index (χ1v) is 11.8. The van der Waals surface area contributed by atoms with E-state index in [1.54, 1.807) is 15.5 Å². The molecule has 2 aromatic rings. The molecule has 1 aromatic heterocycles. The van der Waals surface area contributed by atoms with Gasteiger partial charge in [-0.15, -0.1) is 0 Å². The number of hydrogen-bond donors (Lipinski definition) is 2. The predicted molar refractivity (Wildman–Crippen MR) is 123 cm³/mol. The molecule has 1 aliphatic carbocycles. The molecule has 174 valence electrons. The number of anilines is 1. The summed E-state index contributed by atoms with van der Waals surface area (Å²) in [6.45, 7) is 1.52. The fraction of sp³-hybridized carbons (Fsp3) is 0.480. The molecule has 33 heavy (non-hydrogen) atoms. The minimum absolute atomic E-state index is 0.0548. The van der Waals surface area contributed by atoms with Crippen LogP contribution in [0.4, 0.5) is 14.9 Å². The van der Waals surface area contributed by atoms with E-state index in [0.717, 1.165) is 37.8 Å². The van der Waals surface area contributed by atoms with Gasteiger partial charge in [0.05, 0.1) is 5.69 Å². The zero-order chi connectivity index (χ0) is 22.9. The lowest BCUT2D eigenvalue weighted by Gasteiger charge is -2.43. The standard InChI is InChI=1S/C25H29FN4O3/c26-19-8-6-17(7-9-19)24(32)29-13-16-12-18(15-29)23-21(10-11-22(31)30(23)14-16)28-25(33)27-20-4-2-1-3-5-20/h6-11,16,18,20H,1-5,12-15H2,(H2,27,28,33). The van der Waals surface area contributed by atoms with E-state index in [0.29, 0.717) is 30.9 Å². The molecule has 5 rings (SSSR count). The van der Waals surface area contributed by atoms with Crippen LogP contribution in [0.15, 0.2) is 41.2 Å². The van der Waals surface area contributed by atoms with Gasteiger partial charge in [0.1, 0.15) is 5.82 Å². The molecule has 1 saturated carbocycles. The third-order valence-corrected chi connectivity index (χ3v) is 7.16. The van der Waals surface area contributed by atoms with Gasteiger partial charge in [-0.2, -0.15) is 0 Å². The number of fused-ring (bicyclic) bond motifs is 4. The number of pyridine rings is 1. The molecule has 3 heterocycles. The summed E-state index contributed by atoms with van der Waals surface area (Å²) in [5, 5.41) is 6.04. The fourth-order valence-corrected chi connectivity index (χ4v) is 5.65. The van der Waals surface area contributed by atoms with Crippen molar-refractivity contribution >= 4 is 17.6 Å². The van der Waals surface area contributed by atoms with Crippen LogP contribution in [-0.4, -0.2) is 40.5 Å². The van der Waals surface area contributed by atoms with Gasteiger partial charge in [0.25, 0.3) is 11.5 Å². The van der Waals surface area contributed by atoms with Gasteiger partial charge < -0.3 is 20.1 Å². The summed E-state index contributed by atoms with van der Waals surface area (Å²) in [4.78, 5) is 40.2. The number of halogens is 1. The fourth-order valence-electron chi connectivity index (χ4n) is 5.65. The molecule has 0 spiro atoms. The van der Waals surface area contributed by atoms with Crippen molar-refractivity contribution < 1.29 is 14.0 Å². The largest absolute Gasteiger partial charge is 0.338 e. The quantitative estimate of drug-likeness (QED) is 0.745. The number of benzene rings is 1. The Morgan fingerprint density at radius 2 is 1.70 bits per heavy atom. The van der Waals surface area contributed by atoms with Gasteiger partial charge >= 0.3 is 6.03 Å². The second-order valence-electron chi connectivity index (χ2n) is 9.53. The molecule has 2 aliphatic heterocycles. The Morgan fingerprint density at radius 1 is 0.939 bits per heavy atom. The molecular weight excluding hydrogens is 423 g/mol. The van der Waals surface area contributed by atoms with E-state index in [9.17, 15) is 18.8 Å². The van der Waals surface area contributed by atoms with Crippen LogP contribution in [-0.2, 0) is 6.54 Å². The third kappa shape index (κ3) is 4.51. The van der Waals surface area contributed by atoms with E-state index < -0.39 is 0 Å². The highest BCUT2D eigenvalue weighted by atomic mass is 19.1. The van der Waals surface area contributed by atoms with Crippen LogP contribution in [0.3, 0.4) is 0 Å². The Morgan fingerprint density at radius 3 is 2.45 bits per heavy atom. The maximum Gasteiger partial charge on any atom is 0.319 e. The van der Waals surface area contributed by atoms with E-state index in [1.165, 1.54) is 36.8 Å². The van der Waals surface area contributed by atoms with Crippen molar-refractivity contribution in [3.63, 3.8) is 0 Å². The Labute approximate surface area is 192 Å². The first kappa shape index (κ1) is 21.7. The second kappa shape index (κ2) is 9.00. The van der Waals surface area contributed by atoms with Gasteiger partial charge in [-0.05, 0) is 55.5 Å². The summed E-state index contributed by atoms with van der Waals surface area (Å²) in [5.41, 5.74) is 1.78. The molecule has 8 heteroatoms. The monoisotopic (exact) mass is 452 g/mol. The molecule has 0 radical (unpaired) electrons. The molecule has 2 unspecified atom stereocenters. The average molecular weight is 453 g/mol. The summed E-state index contributed by atoms with van der Waals surface area (Å²) in [5.74, 6) is -0.413. The zero-order valence-electron chi connectivity index (χ0n) is 18.6. The SMILES string of the molecule is O=C(Nc1ccc(=O)n2c1C1CC(CN(C(=O)c3ccc(F)cc3)C1)C2)NC1CCCCC1. The van der Waals surface area contributed by atoms with Gasteiger partial charge in [0.15, 0.2) is 0 Å². The predicted octanol–water partition coefficient (Wildman–Crippen LogP) is 3.70. The highest BCUT2D eigenvalue weighted by Crippen LogP contribution is 2.39. The number of hydrogen-bond acceptors (Lipinski definition) is 3. The topological polar surface area (TPSA) is 83.4 Å². The molecule has 1 saturated heterocycles. The van der Waals surface area contributed by atoms with Crippen LogP contribution in [0.2, 0.25) is 0 Å². The maximum absolute atomic E-state index is 13.3. The molecule has 2 N–H and O–H groups in total. The highest BCUT2D eigenvalue weighted by Gasteiger charge is 2.38. The van der Waals surface area contributed by atoms with E-state index in [1.807, 2.05) is 0 Å². The first-order chi connectivity index (χ1) is 16.0. The maximum atomic E-state index is 13.3. The molecule has 2 bridgehead atoms. The van der Waals surface area contributed by atoms with Crippen LogP contribution in [0.25, 0.3) is 0 Å². The van der Waals surface area contributed by atoms with Crippen LogP contribution in [0.5, 0.6) is 0 Å². The zero-order valence-corrected chi connectivity index (χ0v) is 18.6.